The Morgan fingerprint density at radius 2 is 2.33 bits per heavy atom. The third kappa shape index (κ3) is 3.71. The fraction of sp³-hybridized carbons (Fsp3) is 0.917. The number of rotatable bonds is 5. The summed E-state index contributed by atoms with van der Waals surface area (Å²) in [7, 11) is 1.67. The van der Waals surface area contributed by atoms with Gasteiger partial charge in [-0.3, -0.25) is 4.99 Å². The molecule has 2 heterocycles. The molecule has 0 spiro atoms. The lowest BCUT2D eigenvalue weighted by molar-refractivity contribution is 0.0706. The molecule has 18 heavy (non-hydrogen) atoms. The monoisotopic (exact) mass is 369 g/mol. The van der Waals surface area contributed by atoms with Gasteiger partial charge in [0.25, 0.3) is 0 Å². The van der Waals surface area contributed by atoms with Gasteiger partial charge in [-0.2, -0.15) is 0 Å². The molecule has 5 nitrogen and oxygen atoms in total. The summed E-state index contributed by atoms with van der Waals surface area (Å²) >= 11 is 0. The van der Waals surface area contributed by atoms with Crippen molar-refractivity contribution in [1.82, 2.24) is 5.32 Å². The number of guanidine groups is 1. The first-order valence-corrected chi connectivity index (χ1v) is 6.32. The van der Waals surface area contributed by atoms with Crippen LogP contribution in [-0.4, -0.2) is 45.0 Å². The SMILES string of the molecule is COCCNC(N)=NCC1(C)CC2CCC1O2.I. The Bertz CT molecular complexity index is 301. The topological polar surface area (TPSA) is 68.9 Å². The second-order valence-corrected chi connectivity index (χ2v) is 5.30. The Balaban J connectivity index is 0.00000162. The van der Waals surface area contributed by atoms with E-state index in [2.05, 4.69) is 17.2 Å². The van der Waals surface area contributed by atoms with Crippen LogP contribution < -0.4 is 11.1 Å². The van der Waals surface area contributed by atoms with Gasteiger partial charge in [0.15, 0.2) is 5.96 Å². The molecule has 106 valence electrons. The fourth-order valence-electron chi connectivity index (χ4n) is 2.79. The molecule has 2 aliphatic rings. The van der Waals surface area contributed by atoms with Crippen molar-refractivity contribution in [2.24, 2.45) is 16.1 Å². The largest absolute Gasteiger partial charge is 0.383 e. The van der Waals surface area contributed by atoms with E-state index in [4.69, 9.17) is 15.2 Å². The molecule has 3 unspecified atom stereocenters. The first-order chi connectivity index (χ1) is 8.14. The second-order valence-electron chi connectivity index (χ2n) is 5.30. The molecule has 2 saturated heterocycles. The highest BCUT2D eigenvalue weighted by molar-refractivity contribution is 14.0. The molecule has 0 amide bonds. The van der Waals surface area contributed by atoms with Crippen LogP contribution in [0.15, 0.2) is 4.99 Å². The lowest BCUT2D eigenvalue weighted by Crippen LogP contribution is -2.37. The lowest BCUT2D eigenvalue weighted by atomic mass is 9.76. The minimum atomic E-state index is 0. The summed E-state index contributed by atoms with van der Waals surface area (Å²) in [4.78, 5) is 4.42. The average Bonchev–Trinajstić information content (AvgIpc) is 2.87. The average molecular weight is 369 g/mol. The molecule has 0 aromatic heterocycles. The van der Waals surface area contributed by atoms with E-state index in [-0.39, 0.29) is 29.4 Å². The highest BCUT2D eigenvalue weighted by Crippen LogP contribution is 2.47. The summed E-state index contributed by atoms with van der Waals surface area (Å²) in [6.45, 7) is 4.34. The summed E-state index contributed by atoms with van der Waals surface area (Å²) in [5, 5.41) is 3.03. The zero-order chi connectivity index (χ0) is 12.3. The van der Waals surface area contributed by atoms with Crippen LogP contribution >= 0.6 is 24.0 Å². The van der Waals surface area contributed by atoms with Gasteiger partial charge in [-0.1, -0.05) is 6.92 Å². The molecule has 2 bridgehead atoms. The van der Waals surface area contributed by atoms with Crippen molar-refractivity contribution in [2.45, 2.75) is 38.4 Å². The van der Waals surface area contributed by atoms with Crippen molar-refractivity contribution in [3.8, 4) is 0 Å². The molecular weight excluding hydrogens is 345 g/mol. The minimum Gasteiger partial charge on any atom is -0.383 e. The van der Waals surface area contributed by atoms with E-state index in [1.807, 2.05) is 0 Å². The van der Waals surface area contributed by atoms with Gasteiger partial charge in [0.05, 0.1) is 25.4 Å². The van der Waals surface area contributed by atoms with Crippen LogP contribution in [-0.2, 0) is 9.47 Å². The molecule has 2 fully saturated rings. The van der Waals surface area contributed by atoms with Gasteiger partial charge in [-0.25, -0.2) is 0 Å². The summed E-state index contributed by atoms with van der Waals surface area (Å²) in [6, 6.07) is 0. The predicted octanol–water partition coefficient (Wildman–Crippen LogP) is 1.11. The molecule has 0 radical (unpaired) electrons. The minimum absolute atomic E-state index is 0. The molecule has 0 aromatic carbocycles. The number of nitrogens with one attached hydrogen (secondary N) is 1. The summed E-state index contributed by atoms with van der Waals surface area (Å²) in [5.41, 5.74) is 5.97. The number of hydrogen-bond donors (Lipinski definition) is 2. The highest BCUT2D eigenvalue weighted by Gasteiger charge is 2.49. The van der Waals surface area contributed by atoms with Crippen LogP contribution in [0.3, 0.4) is 0 Å². The Labute approximate surface area is 126 Å². The Morgan fingerprint density at radius 1 is 1.56 bits per heavy atom. The maximum atomic E-state index is 5.87. The first-order valence-electron chi connectivity index (χ1n) is 6.32. The van der Waals surface area contributed by atoms with E-state index in [1.54, 1.807) is 7.11 Å². The zero-order valence-electron chi connectivity index (χ0n) is 11.1. The van der Waals surface area contributed by atoms with Gasteiger partial charge in [0.2, 0.25) is 0 Å². The van der Waals surface area contributed by atoms with Crippen LogP contribution in [0.4, 0.5) is 0 Å². The standard InChI is InChI=1S/C12H23N3O2.HI/c1-12(7-9-3-4-10(12)17-9)8-15-11(13)14-5-6-16-2;/h9-10H,3-8H2,1-2H3,(H3,13,14,15);1H. The quantitative estimate of drug-likeness (QED) is 0.330. The maximum absolute atomic E-state index is 5.87. The number of aliphatic imine (C=N–C) groups is 1. The van der Waals surface area contributed by atoms with Crippen molar-refractivity contribution < 1.29 is 9.47 Å². The summed E-state index contributed by atoms with van der Waals surface area (Å²) in [5.74, 6) is 0.506. The third-order valence-corrected chi connectivity index (χ3v) is 3.80. The lowest BCUT2D eigenvalue weighted by Gasteiger charge is -2.29. The van der Waals surface area contributed by atoms with Crippen molar-refractivity contribution in [3.05, 3.63) is 0 Å². The zero-order valence-corrected chi connectivity index (χ0v) is 13.5. The van der Waals surface area contributed by atoms with E-state index < -0.39 is 0 Å². The normalized spacial score (nSPS) is 34.4. The van der Waals surface area contributed by atoms with Crippen LogP contribution in [0.2, 0.25) is 0 Å². The number of methoxy groups -OCH3 is 1. The Kier molecular flexibility index (Phi) is 6.13. The third-order valence-electron chi connectivity index (χ3n) is 3.80. The van der Waals surface area contributed by atoms with Crippen molar-refractivity contribution in [1.29, 1.82) is 0 Å². The Morgan fingerprint density at radius 3 is 2.89 bits per heavy atom. The molecule has 3 atom stereocenters. The summed E-state index contributed by atoms with van der Waals surface area (Å²) in [6.07, 6.45) is 4.34. The van der Waals surface area contributed by atoms with Crippen molar-refractivity contribution in [2.75, 3.05) is 26.8 Å². The molecule has 2 rings (SSSR count). The number of halogens is 1. The van der Waals surface area contributed by atoms with Crippen LogP contribution in [0.1, 0.15) is 26.2 Å². The molecule has 0 aliphatic carbocycles. The molecule has 6 heteroatoms. The molecule has 0 aromatic rings. The van der Waals surface area contributed by atoms with Crippen LogP contribution in [0.25, 0.3) is 0 Å². The van der Waals surface area contributed by atoms with Gasteiger partial charge >= 0.3 is 0 Å². The van der Waals surface area contributed by atoms with Gasteiger partial charge in [0.1, 0.15) is 0 Å². The van der Waals surface area contributed by atoms with Gasteiger partial charge in [-0.05, 0) is 19.3 Å². The number of nitrogens with zero attached hydrogens (tertiary/aromatic N) is 1. The van der Waals surface area contributed by atoms with Gasteiger partial charge in [0, 0.05) is 19.1 Å². The van der Waals surface area contributed by atoms with E-state index in [1.165, 1.54) is 12.8 Å². The van der Waals surface area contributed by atoms with Crippen molar-refractivity contribution >= 4 is 29.9 Å². The van der Waals surface area contributed by atoms with Gasteiger partial charge < -0.3 is 20.5 Å². The fourth-order valence-corrected chi connectivity index (χ4v) is 2.79. The number of fused-ring (bicyclic) bond motifs is 2. The van der Waals surface area contributed by atoms with E-state index in [0.717, 1.165) is 13.0 Å². The molecular formula is C12H24IN3O2. The molecule has 0 saturated carbocycles. The highest BCUT2D eigenvalue weighted by atomic mass is 127. The first kappa shape index (κ1) is 16.0. The number of nitrogens with two attached hydrogens (primary N) is 1. The predicted molar refractivity (Wildman–Crippen MR) is 82.4 cm³/mol. The Hall–Kier alpha value is -0.0800. The second kappa shape index (κ2) is 6.91. The molecule has 2 aliphatic heterocycles. The van der Waals surface area contributed by atoms with Crippen molar-refractivity contribution in [3.63, 3.8) is 0 Å². The van der Waals surface area contributed by atoms with Crippen LogP contribution in [0.5, 0.6) is 0 Å². The molecule has 3 N–H and O–H groups in total. The number of ether oxygens (including phenoxy) is 2. The van der Waals surface area contributed by atoms with E-state index in [0.29, 0.717) is 31.3 Å². The van der Waals surface area contributed by atoms with Gasteiger partial charge in [-0.15, -0.1) is 24.0 Å². The number of hydrogen-bond acceptors (Lipinski definition) is 3. The summed E-state index contributed by atoms with van der Waals surface area (Å²) < 4.78 is 10.8. The smallest absolute Gasteiger partial charge is 0.188 e. The van der Waals surface area contributed by atoms with E-state index >= 15 is 0 Å². The maximum Gasteiger partial charge on any atom is 0.188 e. The van der Waals surface area contributed by atoms with E-state index in [9.17, 15) is 0 Å². The van der Waals surface area contributed by atoms with Crippen LogP contribution in [0, 0.1) is 5.41 Å².